The summed E-state index contributed by atoms with van der Waals surface area (Å²) in [6, 6.07) is 8.72. The van der Waals surface area contributed by atoms with Gasteiger partial charge in [-0.25, -0.2) is 4.39 Å². The molecule has 0 aromatic heterocycles. The van der Waals surface area contributed by atoms with E-state index in [0.717, 1.165) is 0 Å². The Morgan fingerprint density at radius 1 is 1.38 bits per heavy atom. The first-order valence-corrected chi connectivity index (χ1v) is 5.23. The molecule has 72 valence electrons. The minimum atomic E-state index is -1.30. The maximum atomic E-state index is 11.9. The van der Waals surface area contributed by atoms with Gasteiger partial charge in [0.05, 0.1) is 22.7 Å². The SMILES string of the molecule is O=S(CC(O)CF)c1ccccc1. The smallest absolute Gasteiger partial charge is 0.116 e. The number of alkyl halides is 1. The minimum absolute atomic E-state index is 0.0412. The maximum Gasteiger partial charge on any atom is 0.116 e. The number of benzene rings is 1. The molecule has 0 amide bonds. The van der Waals surface area contributed by atoms with E-state index in [4.69, 9.17) is 5.11 Å². The molecule has 0 heterocycles. The first kappa shape index (κ1) is 10.3. The number of aliphatic hydroxyl groups excluding tert-OH is 1. The van der Waals surface area contributed by atoms with Crippen molar-refractivity contribution in [3.63, 3.8) is 0 Å². The van der Waals surface area contributed by atoms with Crippen LogP contribution in [-0.4, -0.2) is 27.8 Å². The number of aliphatic hydroxyl groups is 1. The van der Waals surface area contributed by atoms with E-state index in [9.17, 15) is 8.60 Å². The molecule has 0 saturated carbocycles. The molecule has 2 atom stereocenters. The van der Waals surface area contributed by atoms with E-state index in [1.807, 2.05) is 6.07 Å². The second-order valence-corrected chi connectivity index (χ2v) is 4.13. The molecule has 1 aromatic rings. The van der Waals surface area contributed by atoms with Crippen LogP contribution in [0.25, 0.3) is 0 Å². The van der Waals surface area contributed by atoms with Crippen LogP contribution in [0.2, 0.25) is 0 Å². The van der Waals surface area contributed by atoms with E-state index in [0.29, 0.717) is 4.90 Å². The fourth-order valence-corrected chi connectivity index (χ4v) is 1.98. The lowest BCUT2D eigenvalue weighted by Crippen LogP contribution is -2.18. The largest absolute Gasteiger partial charge is 0.389 e. The van der Waals surface area contributed by atoms with Gasteiger partial charge in [0.2, 0.25) is 0 Å². The van der Waals surface area contributed by atoms with Gasteiger partial charge in [0.1, 0.15) is 6.67 Å². The van der Waals surface area contributed by atoms with Crippen molar-refractivity contribution in [2.45, 2.75) is 11.0 Å². The molecule has 1 rings (SSSR count). The second kappa shape index (κ2) is 5.09. The van der Waals surface area contributed by atoms with Gasteiger partial charge in [-0.2, -0.15) is 0 Å². The van der Waals surface area contributed by atoms with Crippen molar-refractivity contribution in [1.29, 1.82) is 0 Å². The topological polar surface area (TPSA) is 37.3 Å². The van der Waals surface area contributed by atoms with Crippen molar-refractivity contribution < 1.29 is 13.7 Å². The van der Waals surface area contributed by atoms with Crippen LogP contribution < -0.4 is 0 Å². The van der Waals surface area contributed by atoms with E-state index in [2.05, 4.69) is 0 Å². The third-order valence-electron chi connectivity index (χ3n) is 1.53. The highest BCUT2D eigenvalue weighted by Crippen LogP contribution is 2.06. The first-order chi connectivity index (χ1) is 6.24. The van der Waals surface area contributed by atoms with Crippen LogP contribution in [0.15, 0.2) is 35.2 Å². The highest BCUT2D eigenvalue weighted by atomic mass is 32.2. The van der Waals surface area contributed by atoms with E-state index < -0.39 is 23.6 Å². The summed E-state index contributed by atoms with van der Waals surface area (Å²) >= 11 is 0. The quantitative estimate of drug-likeness (QED) is 0.794. The molecule has 0 radical (unpaired) electrons. The number of hydrogen-bond donors (Lipinski definition) is 1. The molecule has 0 spiro atoms. The zero-order valence-electron chi connectivity index (χ0n) is 7.02. The first-order valence-electron chi connectivity index (χ1n) is 3.91. The zero-order valence-corrected chi connectivity index (χ0v) is 7.84. The van der Waals surface area contributed by atoms with Crippen LogP contribution in [0.1, 0.15) is 0 Å². The Morgan fingerprint density at radius 3 is 2.54 bits per heavy atom. The van der Waals surface area contributed by atoms with Gasteiger partial charge in [-0.1, -0.05) is 18.2 Å². The lowest BCUT2D eigenvalue weighted by molar-refractivity contribution is 0.161. The van der Waals surface area contributed by atoms with Gasteiger partial charge in [-0.05, 0) is 12.1 Å². The number of hydrogen-bond acceptors (Lipinski definition) is 2. The molecule has 1 aromatic carbocycles. The molecule has 2 nitrogen and oxygen atoms in total. The normalized spacial score (nSPS) is 15.2. The summed E-state index contributed by atoms with van der Waals surface area (Å²) in [6.07, 6.45) is -1.12. The summed E-state index contributed by atoms with van der Waals surface area (Å²) in [5.74, 6) is -0.0412. The second-order valence-electron chi connectivity index (χ2n) is 2.63. The van der Waals surface area contributed by atoms with Gasteiger partial charge in [0, 0.05) is 4.90 Å². The summed E-state index contributed by atoms with van der Waals surface area (Å²) in [4.78, 5) is 0.620. The van der Waals surface area contributed by atoms with Gasteiger partial charge >= 0.3 is 0 Å². The number of rotatable bonds is 4. The van der Waals surface area contributed by atoms with Crippen LogP contribution in [0.3, 0.4) is 0 Å². The highest BCUT2D eigenvalue weighted by Gasteiger charge is 2.09. The predicted molar refractivity (Wildman–Crippen MR) is 49.7 cm³/mol. The Kier molecular flexibility index (Phi) is 4.05. The molecule has 0 fully saturated rings. The fourth-order valence-electron chi connectivity index (χ4n) is 0.888. The van der Waals surface area contributed by atoms with Crippen LogP contribution in [0.4, 0.5) is 4.39 Å². The van der Waals surface area contributed by atoms with Crippen LogP contribution in [0.5, 0.6) is 0 Å². The Balaban J connectivity index is 2.59. The summed E-state index contributed by atoms with van der Waals surface area (Å²) < 4.78 is 23.3. The van der Waals surface area contributed by atoms with E-state index in [-0.39, 0.29) is 5.75 Å². The van der Waals surface area contributed by atoms with Gasteiger partial charge in [0.15, 0.2) is 0 Å². The van der Waals surface area contributed by atoms with Gasteiger partial charge in [-0.3, -0.25) is 4.21 Å². The van der Waals surface area contributed by atoms with Crippen molar-refractivity contribution in [1.82, 2.24) is 0 Å². The molecular formula is C9H11FO2S. The summed E-state index contributed by atoms with van der Waals surface area (Å²) in [7, 11) is -1.30. The van der Waals surface area contributed by atoms with E-state index in [1.54, 1.807) is 24.3 Å². The van der Waals surface area contributed by atoms with Crippen molar-refractivity contribution in [3.8, 4) is 0 Å². The molecule has 0 bridgehead atoms. The van der Waals surface area contributed by atoms with Crippen LogP contribution >= 0.6 is 0 Å². The van der Waals surface area contributed by atoms with Crippen LogP contribution in [0, 0.1) is 0 Å². The fraction of sp³-hybridized carbons (Fsp3) is 0.333. The zero-order chi connectivity index (χ0) is 9.68. The molecular weight excluding hydrogens is 191 g/mol. The predicted octanol–water partition coefficient (Wildman–Crippen LogP) is 1.12. The van der Waals surface area contributed by atoms with Gasteiger partial charge in [-0.15, -0.1) is 0 Å². The molecule has 2 unspecified atom stereocenters. The lowest BCUT2D eigenvalue weighted by atomic mass is 10.4. The monoisotopic (exact) mass is 202 g/mol. The van der Waals surface area contributed by atoms with E-state index >= 15 is 0 Å². The Morgan fingerprint density at radius 2 is 2.00 bits per heavy atom. The highest BCUT2D eigenvalue weighted by molar-refractivity contribution is 7.85. The van der Waals surface area contributed by atoms with Crippen molar-refractivity contribution in [2.75, 3.05) is 12.4 Å². The van der Waals surface area contributed by atoms with Crippen LogP contribution in [-0.2, 0) is 10.8 Å². The molecule has 13 heavy (non-hydrogen) atoms. The maximum absolute atomic E-state index is 11.9. The summed E-state index contributed by atoms with van der Waals surface area (Å²) in [5, 5.41) is 8.92. The molecule has 1 N–H and O–H groups in total. The minimum Gasteiger partial charge on any atom is -0.389 e. The van der Waals surface area contributed by atoms with Crippen molar-refractivity contribution >= 4 is 10.8 Å². The average molecular weight is 202 g/mol. The summed E-state index contributed by atoms with van der Waals surface area (Å²) in [6.45, 7) is -0.849. The molecule has 0 aliphatic rings. The lowest BCUT2D eigenvalue weighted by Gasteiger charge is -2.05. The molecule has 0 aliphatic carbocycles. The van der Waals surface area contributed by atoms with E-state index in [1.165, 1.54) is 0 Å². The van der Waals surface area contributed by atoms with Gasteiger partial charge < -0.3 is 5.11 Å². The average Bonchev–Trinajstić information content (AvgIpc) is 2.19. The molecule has 0 aliphatic heterocycles. The standard InChI is InChI=1S/C9H11FO2S/c10-6-8(11)7-13(12)9-4-2-1-3-5-9/h1-5,8,11H,6-7H2. The Hall–Kier alpha value is -0.740. The van der Waals surface area contributed by atoms with Gasteiger partial charge in [0.25, 0.3) is 0 Å². The van der Waals surface area contributed by atoms with Crippen molar-refractivity contribution in [2.24, 2.45) is 0 Å². The third kappa shape index (κ3) is 3.24. The Labute approximate surface area is 78.9 Å². The Bertz CT molecular complexity index is 276. The third-order valence-corrected chi connectivity index (χ3v) is 3.01. The summed E-state index contributed by atoms with van der Waals surface area (Å²) in [5.41, 5.74) is 0. The molecule has 0 saturated heterocycles. The van der Waals surface area contributed by atoms with Crippen molar-refractivity contribution in [3.05, 3.63) is 30.3 Å². The molecule has 4 heteroatoms. The number of halogens is 1.